The maximum absolute atomic E-state index is 11.1. The molecule has 2 N–H and O–H groups in total. The lowest BCUT2D eigenvalue weighted by Gasteiger charge is -2.18. The van der Waals surface area contributed by atoms with E-state index in [0.29, 0.717) is 18.8 Å². The van der Waals surface area contributed by atoms with Crippen LogP contribution in [-0.4, -0.2) is 35.5 Å². The molecule has 1 aromatic rings. The average Bonchev–Trinajstić information content (AvgIpc) is 3.07. The van der Waals surface area contributed by atoms with E-state index in [1.54, 1.807) is 0 Å². The Kier molecular flexibility index (Phi) is 10.0. The van der Waals surface area contributed by atoms with Gasteiger partial charge in [-0.3, -0.25) is 4.79 Å². The van der Waals surface area contributed by atoms with Gasteiger partial charge < -0.3 is 14.9 Å². The molecule has 1 aromatic carbocycles. The third kappa shape index (κ3) is 7.99. The molecule has 0 heterocycles. The second kappa shape index (κ2) is 12.5. The summed E-state index contributed by atoms with van der Waals surface area (Å²) in [6.45, 7) is 0. The quantitative estimate of drug-likeness (QED) is 0.340. The lowest BCUT2D eigenvalue weighted by Crippen LogP contribution is -2.17. The van der Waals surface area contributed by atoms with Crippen LogP contribution in [0, 0.1) is 11.8 Å². The molecule has 0 aromatic heterocycles. The lowest BCUT2D eigenvalue weighted by atomic mass is 9.90. The van der Waals surface area contributed by atoms with Crippen molar-refractivity contribution in [2.75, 3.05) is 7.11 Å². The number of hydrogen-bond acceptors (Lipinski definition) is 4. The molecule has 1 fully saturated rings. The van der Waals surface area contributed by atoms with E-state index >= 15 is 0 Å². The first-order valence-corrected chi connectivity index (χ1v) is 10.4. The molecule has 1 aliphatic rings. The van der Waals surface area contributed by atoms with Crippen molar-refractivity contribution in [3.63, 3.8) is 0 Å². The van der Waals surface area contributed by atoms with E-state index in [9.17, 15) is 15.0 Å². The molecule has 2 rings (SSSR count). The van der Waals surface area contributed by atoms with Crippen molar-refractivity contribution < 1.29 is 19.7 Å². The standard InChI is InChI=1S/C24H34O4/c1-28-24(27)12-8-3-2-7-11-22-20(15-18-23(22)26)14-17-21(25)16-13-19-9-5-4-6-10-19/h2,4-7,9-10,14,17,20-23,25-26H,3,8,11-13,15-16,18H2,1H3/b7-2-,17-14+/t20?,21-,22+,23-/m0/s1. The number of aryl methyl sites for hydroxylation is 1. The van der Waals surface area contributed by atoms with Crippen LogP contribution in [0.5, 0.6) is 0 Å². The number of aliphatic hydroxyl groups is 2. The van der Waals surface area contributed by atoms with E-state index in [0.717, 1.165) is 38.5 Å². The van der Waals surface area contributed by atoms with Gasteiger partial charge in [0, 0.05) is 6.42 Å². The first-order valence-electron chi connectivity index (χ1n) is 10.4. The Morgan fingerprint density at radius 2 is 2.04 bits per heavy atom. The molecule has 28 heavy (non-hydrogen) atoms. The van der Waals surface area contributed by atoms with Crippen LogP contribution in [-0.2, 0) is 16.0 Å². The molecule has 0 bridgehead atoms. The average molecular weight is 387 g/mol. The van der Waals surface area contributed by atoms with Crippen LogP contribution >= 0.6 is 0 Å². The third-order valence-electron chi connectivity index (χ3n) is 5.55. The highest BCUT2D eigenvalue weighted by Gasteiger charge is 2.32. The van der Waals surface area contributed by atoms with Crippen molar-refractivity contribution in [1.82, 2.24) is 0 Å². The fourth-order valence-electron chi connectivity index (χ4n) is 3.81. The first kappa shape index (κ1) is 22.4. The Hall–Kier alpha value is -1.91. The summed E-state index contributed by atoms with van der Waals surface area (Å²) in [5.41, 5.74) is 1.24. The van der Waals surface area contributed by atoms with Gasteiger partial charge in [0.25, 0.3) is 0 Å². The zero-order valence-electron chi connectivity index (χ0n) is 16.9. The summed E-state index contributed by atoms with van der Waals surface area (Å²) in [5.74, 6) is 0.339. The van der Waals surface area contributed by atoms with Crippen molar-refractivity contribution in [1.29, 1.82) is 0 Å². The summed E-state index contributed by atoms with van der Waals surface area (Å²) < 4.78 is 4.63. The van der Waals surface area contributed by atoms with Gasteiger partial charge in [-0.25, -0.2) is 0 Å². The maximum Gasteiger partial charge on any atom is 0.305 e. The van der Waals surface area contributed by atoms with Crippen LogP contribution in [0.1, 0.15) is 50.5 Å². The maximum atomic E-state index is 11.1. The van der Waals surface area contributed by atoms with Crippen LogP contribution in [0.4, 0.5) is 0 Å². The van der Waals surface area contributed by atoms with Gasteiger partial charge in [-0.15, -0.1) is 0 Å². The van der Waals surface area contributed by atoms with Gasteiger partial charge in [0.05, 0.1) is 19.3 Å². The number of ether oxygens (including phenoxy) is 1. The number of aliphatic hydroxyl groups excluding tert-OH is 2. The number of hydrogen-bond donors (Lipinski definition) is 2. The second-order valence-corrected chi connectivity index (χ2v) is 7.62. The Morgan fingerprint density at radius 1 is 1.25 bits per heavy atom. The van der Waals surface area contributed by atoms with Gasteiger partial charge in [-0.2, -0.15) is 0 Å². The van der Waals surface area contributed by atoms with Gasteiger partial charge in [0.15, 0.2) is 0 Å². The molecule has 0 spiro atoms. The molecule has 154 valence electrons. The first-order chi connectivity index (χ1) is 13.6. The molecule has 0 aliphatic heterocycles. The fraction of sp³-hybridized carbons (Fsp3) is 0.542. The smallest absolute Gasteiger partial charge is 0.305 e. The van der Waals surface area contributed by atoms with E-state index in [2.05, 4.69) is 35.1 Å². The number of methoxy groups -OCH3 is 1. The van der Waals surface area contributed by atoms with E-state index < -0.39 is 6.10 Å². The highest BCUT2D eigenvalue weighted by atomic mass is 16.5. The summed E-state index contributed by atoms with van der Waals surface area (Å²) in [6, 6.07) is 10.2. The van der Waals surface area contributed by atoms with Gasteiger partial charge in [-0.1, -0.05) is 54.6 Å². The van der Waals surface area contributed by atoms with Crippen molar-refractivity contribution in [3.05, 3.63) is 60.2 Å². The minimum absolute atomic E-state index is 0.171. The predicted molar refractivity (Wildman–Crippen MR) is 112 cm³/mol. The minimum Gasteiger partial charge on any atom is -0.469 e. The van der Waals surface area contributed by atoms with Crippen LogP contribution in [0.25, 0.3) is 0 Å². The zero-order valence-corrected chi connectivity index (χ0v) is 16.9. The molecule has 0 saturated heterocycles. The molecule has 1 saturated carbocycles. The lowest BCUT2D eigenvalue weighted by molar-refractivity contribution is -0.140. The SMILES string of the molecule is COC(=O)CCC/C=C\C[C@@H]1C(/C=C/[C@@H](O)CCc2ccccc2)CC[C@@H]1O. The van der Waals surface area contributed by atoms with Crippen molar-refractivity contribution in [2.45, 2.75) is 63.6 Å². The molecule has 1 aliphatic carbocycles. The van der Waals surface area contributed by atoms with E-state index in [1.165, 1.54) is 12.7 Å². The molecule has 4 nitrogen and oxygen atoms in total. The molecule has 4 heteroatoms. The van der Waals surface area contributed by atoms with Gasteiger partial charge in [0.2, 0.25) is 0 Å². The van der Waals surface area contributed by atoms with Crippen LogP contribution in [0.2, 0.25) is 0 Å². The Bertz CT molecular complexity index is 623. The van der Waals surface area contributed by atoms with Crippen molar-refractivity contribution in [2.24, 2.45) is 11.8 Å². The van der Waals surface area contributed by atoms with Crippen molar-refractivity contribution >= 4 is 5.97 Å². The van der Waals surface area contributed by atoms with Gasteiger partial charge in [0.1, 0.15) is 0 Å². The van der Waals surface area contributed by atoms with E-state index in [4.69, 9.17) is 0 Å². The Balaban J connectivity index is 1.73. The molecule has 0 radical (unpaired) electrons. The summed E-state index contributed by atoms with van der Waals surface area (Å²) in [7, 11) is 1.41. The summed E-state index contributed by atoms with van der Waals surface area (Å²) >= 11 is 0. The molecule has 0 amide bonds. The fourth-order valence-corrected chi connectivity index (χ4v) is 3.81. The largest absolute Gasteiger partial charge is 0.469 e. The normalized spacial score (nSPS) is 23.5. The van der Waals surface area contributed by atoms with Crippen LogP contribution in [0.3, 0.4) is 0 Å². The Morgan fingerprint density at radius 3 is 2.79 bits per heavy atom. The number of unbranched alkanes of at least 4 members (excludes halogenated alkanes) is 1. The van der Waals surface area contributed by atoms with E-state index in [1.807, 2.05) is 24.3 Å². The molecule has 4 atom stereocenters. The topological polar surface area (TPSA) is 66.8 Å². The monoisotopic (exact) mass is 386 g/mol. The second-order valence-electron chi connectivity index (χ2n) is 7.62. The molecular weight excluding hydrogens is 352 g/mol. The van der Waals surface area contributed by atoms with Crippen LogP contribution in [0.15, 0.2) is 54.6 Å². The highest BCUT2D eigenvalue weighted by Crippen LogP contribution is 2.36. The molecular formula is C24H34O4. The number of carbonyl (C=O) groups is 1. The number of benzene rings is 1. The van der Waals surface area contributed by atoms with Crippen LogP contribution < -0.4 is 0 Å². The summed E-state index contributed by atoms with van der Waals surface area (Å²) in [4.78, 5) is 11.1. The zero-order chi connectivity index (χ0) is 20.2. The van der Waals surface area contributed by atoms with Gasteiger partial charge in [-0.05, 0) is 62.3 Å². The summed E-state index contributed by atoms with van der Waals surface area (Å²) in [6.07, 6.45) is 13.7. The van der Waals surface area contributed by atoms with Gasteiger partial charge >= 0.3 is 5.97 Å². The van der Waals surface area contributed by atoms with E-state index in [-0.39, 0.29) is 18.0 Å². The number of esters is 1. The summed E-state index contributed by atoms with van der Waals surface area (Å²) in [5, 5.41) is 20.6. The highest BCUT2D eigenvalue weighted by molar-refractivity contribution is 5.69. The number of rotatable bonds is 11. The number of carbonyl (C=O) groups excluding carboxylic acids is 1. The molecule has 1 unspecified atom stereocenters. The third-order valence-corrected chi connectivity index (χ3v) is 5.55. The Labute approximate surface area is 168 Å². The number of allylic oxidation sites excluding steroid dienone is 3. The minimum atomic E-state index is -0.451. The predicted octanol–water partition coefficient (Wildman–Crippen LogP) is 4.21. The van der Waals surface area contributed by atoms with Crippen molar-refractivity contribution in [3.8, 4) is 0 Å².